The summed E-state index contributed by atoms with van der Waals surface area (Å²) < 4.78 is 40.1. The van der Waals surface area contributed by atoms with E-state index in [1.54, 1.807) is 26.0 Å². The van der Waals surface area contributed by atoms with E-state index in [4.69, 9.17) is 0 Å². The molecule has 28 heavy (non-hydrogen) atoms. The van der Waals surface area contributed by atoms with Crippen LogP contribution < -0.4 is 5.56 Å². The molecule has 152 valence electrons. The van der Waals surface area contributed by atoms with Crippen molar-refractivity contribution in [1.29, 1.82) is 0 Å². The van der Waals surface area contributed by atoms with Crippen molar-refractivity contribution in [2.45, 2.75) is 26.1 Å². The van der Waals surface area contributed by atoms with E-state index >= 15 is 0 Å². The van der Waals surface area contributed by atoms with Gasteiger partial charge in [-0.05, 0) is 19.9 Å². The number of hydrogen-bond donors (Lipinski definition) is 0. The van der Waals surface area contributed by atoms with Crippen LogP contribution in [0, 0.1) is 0 Å². The smallest absolute Gasteiger partial charge is 0.347 e. The van der Waals surface area contributed by atoms with Gasteiger partial charge in [0.05, 0.1) is 11.4 Å². The zero-order chi connectivity index (χ0) is 21.2. The van der Waals surface area contributed by atoms with Crippen LogP contribution in [-0.2, 0) is 4.79 Å². The van der Waals surface area contributed by atoms with E-state index in [1.165, 1.54) is 26.2 Å². The number of benzene rings is 1. The number of fused-ring (bicyclic) bond motifs is 1. The molecular weight excluding hydrogens is 377 g/mol. The molecule has 0 aliphatic rings. The Hall–Kier alpha value is -2.91. The Morgan fingerprint density at radius 1 is 1.14 bits per heavy atom. The molecule has 0 saturated carbocycles. The van der Waals surface area contributed by atoms with Crippen LogP contribution in [0.1, 0.15) is 30.4 Å². The molecule has 0 unspecified atom stereocenters. The van der Waals surface area contributed by atoms with Gasteiger partial charge in [-0.2, -0.15) is 18.3 Å². The van der Waals surface area contributed by atoms with Crippen molar-refractivity contribution in [2.24, 2.45) is 0 Å². The number of carbonyl (C=O) groups excluding carboxylic acids is 2. The van der Waals surface area contributed by atoms with E-state index in [0.29, 0.717) is 4.90 Å². The molecule has 0 atom stereocenters. The van der Waals surface area contributed by atoms with Crippen LogP contribution in [0.5, 0.6) is 0 Å². The lowest BCUT2D eigenvalue weighted by Crippen LogP contribution is -2.45. The zero-order valence-corrected chi connectivity index (χ0v) is 15.9. The van der Waals surface area contributed by atoms with Crippen LogP contribution in [0.25, 0.3) is 10.8 Å². The van der Waals surface area contributed by atoms with Gasteiger partial charge < -0.3 is 9.80 Å². The summed E-state index contributed by atoms with van der Waals surface area (Å²) in [6.07, 6.45) is -4.70. The molecule has 1 aromatic carbocycles. The van der Waals surface area contributed by atoms with Gasteiger partial charge in [0.15, 0.2) is 5.69 Å². The van der Waals surface area contributed by atoms with Gasteiger partial charge in [-0.25, -0.2) is 4.68 Å². The summed E-state index contributed by atoms with van der Waals surface area (Å²) in [5, 5.41) is 4.33. The number of alkyl halides is 3. The quantitative estimate of drug-likeness (QED) is 0.773. The van der Waals surface area contributed by atoms with Gasteiger partial charge >= 0.3 is 6.18 Å². The molecule has 2 aromatic rings. The minimum atomic E-state index is -4.70. The van der Waals surface area contributed by atoms with Gasteiger partial charge in [0.2, 0.25) is 5.91 Å². The Balaban J connectivity index is 2.63. The van der Waals surface area contributed by atoms with Gasteiger partial charge in [-0.1, -0.05) is 18.2 Å². The molecule has 0 aliphatic carbocycles. The van der Waals surface area contributed by atoms with Crippen LogP contribution >= 0.6 is 0 Å². The highest BCUT2D eigenvalue weighted by atomic mass is 19.4. The van der Waals surface area contributed by atoms with Crippen molar-refractivity contribution in [3.63, 3.8) is 0 Å². The molecule has 1 heterocycles. The standard InChI is InChI=1S/C18H21F3N4O3/c1-11(2)25-16(27)13-8-6-5-7-12(13)15(22-25)17(28)24(10-18(19,20)21)9-14(26)23(3)4/h5-8,11H,9-10H2,1-4H3. The summed E-state index contributed by atoms with van der Waals surface area (Å²) in [5.41, 5.74) is -0.756. The van der Waals surface area contributed by atoms with E-state index in [9.17, 15) is 27.6 Å². The number of rotatable bonds is 5. The summed E-state index contributed by atoms with van der Waals surface area (Å²) in [6, 6.07) is 5.66. The summed E-state index contributed by atoms with van der Waals surface area (Å²) in [7, 11) is 2.76. The summed E-state index contributed by atoms with van der Waals surface area (Å²) in [6.45, 7) is 0.964. The summed E-state index contributed by atoms with van der Waals surface area (Å²) in [4.78, 5) is 38.9. The van der Waals surface area contributed by atoms with Gasteiger partial charge in [-0.15, -0.1) is 0 Å². The topological polar surface area (TPSA) is 75.5 Å². The minimum Gasteiger partial charge on any atom is -0.347 e. The van der Waals surface area contributed by atoms with Crippen LogP contribution in [0.2, 0.25) is 0 Å². The highest BCUT2D eigenvalue weighted by Crippen LogP contribution is 2.21. The molecule has 1 aromatic heterocycles. The molecule has 7 nitrogen and oxygen atoms in total. The molecule has 2 amide bonds. The SMILES string of the molecule is CC(C)n1nc(C(=O)N(CC(=O)N(C)C)CC(F)(F)F)c2ccccc2c1=O. The van der Waals surface area contributed by atoms with Gasteiger partial charge in [0, 0.05) is 19.5 Å². The van der Waals surface area contributed by atoms with E-state index in [2.05, 4.69) is 5.10 Å². The Bertz CT molecular complexity index is 951. The van der Waals surface area contributed by atoms with E-state index in [1.807, 2.05) is 0 Å². The van der Waals surface area contributed by atoms with Crippen molar-refractivity contribution >= 4 is 22.6 Å². The average Bonchev–Trinajstić information content (AvgIpc) is 2.59. The zero-order valence-electron chi connectivity index (χ0n) is 15.9. The summed E-state index contributed by atoms with van der Waals surface area (Å²) >= 11 is 0. The first kappa shape index (κ1) is 21.4. The fourth-order valence-corrected chi connectivity index (χ4v) is 2.58. The largest absolute Gasteiger partial charge is 0.406 e. The van der Waals surface area contributed by atoms with Crippen molar-refractivity contribution in [2.75, 3.05) is 27.2 Å². The lowest BCUT2D eigenvalue weighted by Gasteiger charge is -2.25. The Morgan fingerprint density at radius 3 is 2.21 bits per heavy atom. The van der Waals surface area contributed by atoms with E-state index in [0.717, 1.165) is 9.58 Å². The number of amides is 2. The first-order valence-electron chi connectivity index (χ1n) is 8.50. The normalized spacial score (nSPS) is 11.7. The molecule has 0 aliphatic heterocycles. The van der Waals surface area contributed by atoms with Crippen LogP contribution in [0.4, 0.5) is 13.2 Å². The lowest BCUT2D eigenvalue weighted by molar-refractivity contribution is -0.146. The van der Waals surface area contributed by atoms with Crippen molar-refractivity contribution in [3.05, 3.63) is 40.3 Å². The number of aromatic nitrogens is 2. The predicted octanol–water partition coefficient (Wildman–Crippen LogP) is 2.07. The third-order valence-corrected chi connectivity index (χ3v) is 4.00. The highest BCUT2D eigenvalue weighted by Gasteiger charge is 2.36. The third kappa shape index (κ3) is 4.68. The Morgan fingerprint density at radius 2 is 1.71 bits per heavy atom. The minimum absolute atomic E-state index is 0.138. The Kier molecular flexibility index (Phi) is 6.10. The maximum atomic E-state index is 13.0. The molecule has 0 saturated heterocycles. The summed E-state index contributed by atoms with van der Waals surface area (Å²) in [5.74, 6) is -1.74. The van der Waals surface area contributed by atoms with Crippen LogP contribution in [0.15, 0.2) is 29.1 Å². The fraction of sp³-hybridized carbons (Fsp3) is 0.444. The predicted molar refractivity (Wildman–Crippen MR) is 97.0 cm³/mol. The van der Waals surface area contributed by atoms with E-state index < -0.39 is 42.7 Å². The monoisotopic (exact) mass is 398 g/mol. The second-order valence-electron chi connectivity index (χ2n) is 6.80. The van der Waals surface area contributed by atoms with Gasteiger partial charge in [0.25, 0.3) is 11.5 Å². The van der Waals surface area contributed by atoms with Crippen LogP contribution in [-0.4, -0.2) is 64.8 Å². The number of hydrogen-bond acceptors (Lipinski definition) is 4. The lowest BCUT2D eigenvalue weighted by atomic mass is 10.1. The molecule has 10 heteroatoms. The maximum Gasteiger partial charge on any atom is 0.406 e. The second kappa shape index (κ2) is 7.99. The van der Waals surface area contributed by atoms with Crippen LogP contribution in [0.3, 0.4) is 0 Å². The molecule has 0 radical (unpaired) electrons. The number of carbonyl (C=O) groups is 2. The molecular formula is C18H21F3N4O3. The first-order valence-corrected chi connectivity index (χ1v) is 8.50. The third-order valence-electron chi connectivity index (χ3n) is 4.00. The fourth-order valence-electron chi connectivity index (χ4n) is 2.58. The molecule has 0 N–H and O–H groups in total. The number of likely N-dealkylation sites (N-methyl/N-ethyl adjacent to an activating group) is 1. The first-order chi connectivity index (χ1) is 12.9. The van der Waals surface area contributed by atoms with Gasteiger partial charge in [-0.3, -0.25) is 14.4 Å². The van der Waals surface area contributed by atoms with E-state index in [-0.39, 0.29) is 16.5 Å². The highest BCUT2D eigenvalue weighted by molar-refractivity contribution is 6.05. The maximum absolute atomic E-state index is 13.0. The van der Waals surface area contributed by atoms with Crippen molar-refractivity contribution < 1.29 is 22.8 Å². The number of halogens is 3. The average molecular weight is 398 g/mol. The van der Waals surface area contributed by atoms with Crippen molar-refractivity contribution in [3.8, 4) is 0 Å². The molecule has 0 fully saturated rings. The van der Waals surface area contributed by atoms with Gasteiger partial charge in [0.1, 0.15) is 13.1 Å². The molecule has 0 bridgehead atoms. The molecule has 0 spiro atoms. The molecule has 2 rings (SSSR count). The van der Waals surface area contributed by atoms with Crippen molar-refractivity contribution in [1.82, 2.24) is 19.6 Å². The number of nitrogens with zero attached hydrogens (tertiary/aromatic N) is 4. The Labute approximate surface area is 159 Å². The second-order valence-corrected chi connectivity index (χ2v) is 6.80.